The number of unbranched alkanes of at least 4 members (excludes halogenated alkanes) is 4. The number of allylic oxidation sites excluding steroid dienone is 1. The standard InChI is InChI=1S/C12H19NO2/c1-3-5-6-7-8-9-11(10-13)12(14)15-4-2/h9H,3-8H2,1-2H3/b11-9-. The van der Waals surface area contributed by atoms with Crippen LogP contribution in [0.5, 0.6) is 0 Å². The summed E-state index contributed by atoms with van der Waals surface area (Å²) in [5.41, 5.74) is 0.133. The highest BCUT2D eigenvalue weighted by atomic mass is 16.5. The summed E-state index contributed by atoms with van der Waals surface area (Å²) >= 11 is 0. The highest BCUT2D eigenvalue weighted by Crippen LogP contribution is 2.06. The molecule has 0 aromatic rings. The van der Waals surface area contributed by atoms with Crippen molar-refractivity contribution in [3.63, 3.8) is 0 Å². The van der Waals surface area contributed by atoms with E-state index in [4.69, 9.17) is 10.00 Å². The first kappa shape index (κ1) is 13.7. The molecule has 0 aromatic carbocycles. The molecule has 0 aromatic heterocycles. The van der Waals surface area contributed by atoms with E-state index in [-0.39, 0.29) is 5.57 Å². The van der Waals surface area contributed by atoms with Crippen LogP contribution in [0.25, 0.3) is 0 Å². The Bertz CT molecular complexity index is 251. The normalized spacial score (nSPS) is 10.9. The summed E-state index contributed by atoms with van der Waals surface area (Å²) in [6, 6.07) is 1.86. The zero-order chi connectivity index (χ0) is 11.5. The van der Waals surface area contributed by atoms with Crippen molar-refractivity contribution < 1.29 is 9.53 Å². The lowest BCUT2D eigenvalue weighted by atomic mass is 10.1. The van der Waals surface area contributed by atoms with Gasteiger partial charge in [-0.3, -0.25) is 0 Å². The molecule has 0 spiro atoms. The first-order valence-electron chi connectivity index (χ1n) is 5.53. The van der Waals surface area contributed by atoms with Crippen LogP contribution in [0.2, 0.25) is 0 Å². The van der Waals surface area contributed by atoms with Crippen LogP contribution in [0.1, 0.15) is 46.0 Å². The summed E-state index contributed by atoms with van der Waals surface area (Å²) in [6.45, 7) is 4.19. The molecule has 0 atom stereocenters. The van der Waals surface area contributed by atoms with E-state index in [0.29, 0.717) is 6.61 Å². The Morgan fingerprint density at radius 3 is 2.60 bits per heavy atom. The van der Waals surface area contributed by atoms with Crippen molar-refractivity contribution in [1.29, 1.82) is 5.26 Å². The number of nitrogens with zero attached hydrogens (tertiary/aromatic N) is 1. The summed E-state index contributed by atoms with van der Waals surface area (Å²) in [7, 11) is 0. The molecule has 0 aliphatic rings. The topological polar surface area (TPSA) is 50.1 Å². The van der Waals surface area contributed by atoms with Crippen molar-refractivity contribution in [2.45, 2.75) is 46.0 Å². The van der Waals surface area contributed by atoms with Gasteiger partial charge in [0.2, 0.25) is 0 Å². The Hall–Kier alpha value is -1.30. The van der Waals surface area contributed by atoms with Gasteiger partial charge in [-0.2, -0.15) is 5.26 Å². The average molecular weight is 209 g/mol. The lowest BCUT2D eigenvalue weighted by Gasteiger charge is -1.99. The third kappa shape index (κ3) is 6.73. The summed E-state index contributed by atoms with van der Waals surface area (Å²) in [4.78, 5) is 11.2. The Morgan fingerprint density at radius 1 is 1.33 bits per heavy atom. The lowest BCUT2D eigenvalue weighted by molar-refractivity contribution is -0.138. The minimum absolute atomic E-state index is 0.133. The van der Waals surface area contributed by atoms with Gasteiger partial charge in [0.15, 0.2) is 0 Å². The van der Waals surface area contributed by atoms with Crippen molar-refractivity contribution in [3.05, 3.63) is 11.6 Å². The molecule has 0 saturated carbocycles. The maximum absolute atomic E-state index is 11.2. The van der Waals surface area contributed by atoms with Gasteiger partial charge < -0.3 is 4.74 Å². The average Bonchev–Trinajstić information content (AvgIpc) is 2.23. The second kappa shape index (κ2) is 9.26. The quantitative estimate of drug-likeness (QED) is 0.280. The number of rotatable bonds is 7. The molecule has 3 heteroatoms. The van der Waals surface area contributed by atoms with E-state index in [2.05, 4.69) is 6.92 Å². The van der Waals surface area contributed by atoms with Gasteiger partial charge in [-0.25, -0.2) is 4.79 Å². The number of hydrogen-bond acceptors (Lipinski definition) is 3. The molecule has 0 rings (SSSR count). The van der Waals surface area contributed by atoms with Crippen molar-refractivity contribution in [1.82, 2.24) is 0 Å². The summed E-state index contributed by atoms with van der Waals surface area (Å²) in [6.07, 6.45) is 7.02. The van der Waals surface area contributed by atoms with Crippen LogP contribution in [-0.4, -0.2) is 12.6 Å². The Morgan fingerprint density at radius 2 is 2.07 bits per heavy atom. The zero-order valence-electron chi connectivity index (χ0n) is 9.58. The highest BCUT2D eigenvalue weighted by molar-refractivity contribution is 5.92. The third-order valence-corrected chi connectivity index (χ3v) is 2.02. The molecule has 0 aliphatic heterocycles. The first-order valence-corrected chi connectivity index (χ1v) is 5.53. The molecule has 3 nitrogen and oxygen atoms in total. The monoisotopic (exact) mass is 209 g/mol. The lowest BCUT2D eigenvalue weighted by Crippen LogP contribution is -2.06. The molecule has 0 radical (unpaired) electrons. The number of hydrogen-bond donors (Lipinski definition) is 0. The SMILES string of the molecule is CCCCCC/C=C(/C#N)C(=O)OCC. The van der Waals surface area contributed by atoms with E-state index >= 15 is 0 Å². The molecule has 0 saturated heterocycles. The van der Waals surface area contributed by atoms with Crippen LogP contribution in [0, 0.1) is 11.3 Å². The predicted octanol–water partition coefficient (Wildman–Crippen LogP) is 2.97. The fourth-order valence-corrected chi connectivity index (χ4v) is 1.20. The van der Waals surface area contributed by atoms with Gasteiger partial charge in [-0.15, -0.1) is 0 Å². The summed E-state index contributed by atoms with van der Waals surface area (Å²) < 4.78 is 4.74. The predicted molar refractivity (Wildman–Crippen MR) is 59.1 cm³/mol. The maximum Gasteiger partial charge on any atom is 0.348 e. The van der Waals surface area contributed by atoms with E-state index in [9.17, 15) is 4.79 Å². The number of nitriles is 1. The number of carbonyl (C=O) groups excluding carboxylic acids is 1. The maximum atomic E-state index is 11.2. The molecule has 84 valence electrons. The molecule has 0 heterocycles. The van der Waals surface area contributed by atoms with Crippen LogP contribution < -0.4 is 0 Å². The van der Waals surface area contributed by atoms with Crippen LogP contribution in [0.4, 0.5) is 0 Å². The van der Waals surface area contributed by atoms with Crippen LogP contribution >= 0.6 is 0 Å². The van der Waals surface area contributed by atoms with Crippen molar-refractivity contribution in [2.75, 3.05) is 6.61 Å². The van der Waals surface area contributed by atoms with Gasteiger partial charge in [0.05, 0.1) is 6.61 Å². The molecule has 0 amide bonds. The third-order valence-electron chi connectivity index (χ3n) is 2.02. The molecule has 15 heavy (non-hydrogen) atoms. The number of carbonyl (C=O) groups is 1. The fraction of sp³-hybridized carbons (Fsp3) is 0.667. The van der Waals surface area contributed by atoms with E-state index < -0.39 is 5.97 Å². The molecule has 0 unspecified atom stereocenters. The minimum Gasteiger partial charge on any atom is -0.462 e. The fourth-order valence-electron chi connectivity index (χ4n) is 1.20. The second-order valence-corrected chi connectivity index (χ2v) is 3.30. The van der Waals surface area contributed by atoms with Crippen LogP contribution in [0.15, 0.2) is 11.6 Å². The smallest absolute Gasteiger partial charge is 0.348 e. The van der Waals surface area contributed by atoms with Crippen molar-refractivity contribution in [3.8, 4) is 6.07 Å². The molecule has 0 bridgehead atoms. The van der Waals surface area contributed by atoms with Crippen molar-refractivity contribution in [2.24, 2.45) is 0 Å². The van der Waals surface area contributed by atoms with E-state index in [1.54, 1.807) is 13.0 Å². The van der Waals surface area contributed by atoms with E-state index in [1.165, 1.54) is 12.8 Å². The summed E-state index contributed by atoms with van der Waals surface area (Å²) in [5.74, 6) is -0.504. The molecule has 0 N–H and O–H groups in total. The Labute approximate surface area is 91.7 Å². The van der Waals surface area contributed by atoms with Gasteiger partial charge in [-0.05, 0) is 19.8 Å². The van der Waals surface area contributed by atoms with E-state index in [1.807, 2.05) is 6.07 Å². The molecular formula is C12H19NO2. The van der Waals surface area contributed by atoms with Gasteiger partial charge in [0.25, 0.3) is 0 Å². The zero-order valence-corrected chi connectivity index (χ0v) is 9.58. The number of ether oxygens (including phenoxy) is 1. The highest BCUT2D eigenvalue weighted by Gasteiger charge is 2.08. The van der Waals surface area contributed by atoms with Crippen molar-refractivity contribution >= 4 is 5.97 Å². The molecule has 0 aliphatic carbocycles. The van der Waals surface area contributed by atoms with Crippen LogP contribution in [-0.2, 0) is 9.53 Å². The first-order chi connectivity index (χ1) is 7.26. The van der Waals surface area contributed by atoms with Crippen LogP contribution in [0.3, 0.4) is 0 Å². The summed E-state index contributed by atoms with van der Waals surface area (Å²) in [5, 5.41) is 8.71. The minimum atomic E-state index is -0.504. The van der Waals surface area contributed by atoms with Gasteiger partial charge in [0, 0.05) is 0 Å². The van der Waals surface area contributed by atoms with Gasteiger partial charge in [0.1, 0.15) is 11.6 Å². The van der Waals surface area contributed by atoms with Gasteiger partial charge in [-0.1, -0.05) is 32.3 Å². The molecular weight excluding hydrogens is 190 g/mol. The molecule has 0 fully saturated rings. The largest absolute Gasteiger partial charge is 0.462 e. The van der Waals surface area contributed by atoms with Gasteiger partial charge >= 0.3 is 5.97 Å². The number of esters is 1. The Balaban J connectivity index is 3.90. The second-order valence-electron chi connectivity index (χ2n) is 3.30. The Kier molecular flexibility index (Phi) is 8.46. The van der Waals surface area contributed by atoms with E-state index in [0.717, 1.165) is 19.3 Å².